The normalized spacial score (nSPS) is 22.2. The molecule has 0 aliphatic heterocycles. The van der Waals surface area contributed by atoms with Crippen LogP contribution in [0.2, 0.25) is 0 Å². The summed E-state index contributed by atoms with van der Waals surface area (Å²) in [5.41, 5.74) is 0.189. The van der Waals surface area contributed by atoms with Gasteiger partial charge in [-0.2, -0.15) is 0 Å². The quantitative estimate of drug-likeness (QED) is 0.914. The number of benzene rings is 1. The van der Waals surface area contributed by atoms with Gasteiger partial charge in [-0.25, -0.2) is 9.37 Å². The third-order valence-electron chi connectivity index (χ3n) is 4.38. The molecule has 0 spiro atoms. The van der Waals surface area contributed by atoms with Crippen LogP contribution in [0.1, 0.15) is 25.7 Å². The van der Waals surface area contributed by atoms with Crippen molar-refractivity contribution in [2.45, 2.75) is 37.8 Å². The van der Waals surface area contributed by atoms with Crippen molar-refractivity contribution in [3.05, 3.63) is 34.4 Å². The highest BCUT2D eigenvalue weighted by atomic mass is 19.1. The highest BCUT2D eigenvalue weighted by Crippen LogP contribution is 2.24. The maximum atomic E-state index is 13.2. The zero-order valence-electron chi connectivity index (χ0n) is 12.9. The number of fused-ring (bicyclic) bond motifs is 1. The van der Waals surface area contributed by atoms with Crippen molar-refractivity contribution >= 4 is 16.9 Å². The van der Waals surface area contributed by atoms with Crippen LogP contribution in [-0.2, 0) is 0 Å². The van der Waals surface area contributed by atoms with Crippen molar-refractivity contribution in [3.63, 3.8) is 0 Å². The summed E-state index contributed by atoms with van der Waals surface area (Å²) < 4.78 is 13.2. The van der Waals surface area contributed by atoms with E-state index in [0.29, 0.717) is 17.5 Å². The van der Waals surface area contributed by atoms with Gasteiger partial charge in [-0.05, 0) is 45.1 Å². The first kappa shape index (κ1) is 15.0. The number of aromatic nitrogens is 2. The van der Waals surface area contributed by atoms with Gasteiger partial charge < -0.3 is 10.2 Å². The Morgan fingerprint density at radius 3 is 2.86 bits per heavy atom. The van der Waals surface area contributed by atoms with Crippen molar-refractivity contribution in [2.75, 3.05) is 19.4 Å². The number of H-pyrrole nitrogens is 1. The molecule has 1 fully saturated rings. The minimum Gasteiger partial charge on any atom is -0.351 e. The first-order valence-corrected chi connectivity index (χ1v) is 7.67. The molecule has 2 unspecified atom stereocenters. The molecule has 22 heavy (non-hydrogen) atoms. The molecule has 1 saturated carbocycles. The van der Waals surface area contributed by atoms with Crippen LogP contribution in [0, 0.1) is 5.82 Å². The van der Waals surface area contributed by atoms with E-state index >= 15 is 0 Å². The third kappa shape index (κ3) is 2.97. The van der Waals surface area contributed by atoms with Gasteiger partial charge >= 0.3 is 0 Å². The largest absolute Gasteiger partial charge is 0.351 e. The average molecular weight is 304 g/mol. The minimum atomic E-state index is -0.430. The zero-order valence-corrected chi connectivity index (χ0v) is 12.9. The Kier molecular flexibility index (Phi) is 4.11. The van der Waals surface area contributed by atoms with Gasteiger partial charge in [0, 0.05) is 12.1 Å². The molecule has 2 N–H and O–H groups in total. The molecule has 118 valence electrons. The zero-order chi connectivity index (χ0) is 15.7. The highest BCUT2D eigenvalue weighted by molar-refractivity contribution is 5.78. The van der Waals surface area contributed by atoms with Crippen LogP contribution in [0.5, 0.6) is 0 Å². The second-order valence-electron chi connectivity index (χ2n) is 6.14. The Balaban J connectivity index is 1.90. The lowest BCUT2D eigenvalue weighted by Crippen LogP contribution is -2.45. The van der Waals surface area contributed by atoms with E-state index in [1.807, 2.05) is 0 Å². The number of halogens is 1. The number of nitrogens with zero attached hydrogens (tertiary/aromatic N) is 2. The van der Waals surface area contributed by atoms with Crippen molar-refractivity contribution in [3.8, 4) is 0 Å². The van der Waals surface area contributed by atoms with E-state index in [9.17, 15) is 9.18 Å². The number of likely N-dealkylation sites (N-methyl/N-ethyl adjacent to an activating group) is 1. The summed E-state index contributed by atoms with van der Waals surface area (Å²) in [5.74, 6) is 0.0309. The summed E-state index contributed by atoms with van der Waals surface area (Å²) >= 11 is 0. The van der Waals surface area contributed by atoms with E-state index in [-0.39, 0.29) is 17.0 Å². The Morgan fingerprint density at radius 1 is 1.32 bits per heavy atom. The summed E-state index contributed by atoms with van der Waals surface area (Å²) in [7, 11) is 4.15. The fourth-order valence-electron chi connectivity index (χ4n) is 3.25. The molecular weight excluding hydrogens is 283 g/mol. The van der Waals surface area contributed by atoms with E-state index in [0.717, 1.165) is 12.8 Å². The van der Waals surface area contributed by atoms with Gasteiger partial charge in [-0.1, -0.05) is 12.8 Å². The molecule has 1 aliphatic rings. The molecule has 5 nitrogen and oxygen atoms in total. The predicted octanol–water partition coefficient (Wildman–Crippen LogP) is 2.35. The van der Waals surface area contributed by atoms with Crippen LogP contribution < -0.4 is 10.9 Å². The van der Waals surface area contributed by atoms with Crippen molar-refractivity contribution in [1.29, 1.82) is 0 Å². The Hall–Kier alpha value is -1.95. The maximum Gasteiger partial charge on any atom is 0.260 e. The minimum absolute atomic E-state index is 0.254. The molecule has 1 heterocycles. The molecular formula is C16H21FN4O. The molecule has 0 amide bonds. The van der Waals surface area contributed by atoms with Crippen LogP contribution in [0.25, 0.3) is 10.9 Å². The van der Waals surface area contributed by atoms with Crippen LogP contribution in [0.4, 0.5) is 10.3 Å². The fraction of sp³-hybridized carbons (Fsp3) is 0.500. The molecule has 1 aliphatic carbocycles. The van der Waals surface area contributed by atoms with Crippen molar-refractivity contribution in [1.82, 2.24) is 14.9 Å². The summed E-state index contributed by atoms with van der Waals surface area (Å²) in [5, 5.41) is 3.63. The molecule has 0 saturated heterocycles. The topological polar surface area (TPSA) is 61.0 Å². The van der Waals surface area contributed by atoms with Gasteiger partial charge in [-0.3, -0.25) is 9.78 Å². The number of hydrogen-bond donors (Lipinski definition) is 2. The number of aromatic amines is 1. The third-order valence-corrected chi connectivity index (χ3v) is 4.38. The van der Waals surface area contributed by atoms with Gasteiger partial charge in [0.15, 0.2) is 0 Å². The standard InChI is InChI=1S/C16H21FN4O/c1-21(2)14-6-4-3-5-13(14)19-16-18-12-8-7-10(17)9-11(12)15(22)20-16/h7-9,13-14H,3-6H2,1-2H3,(H2,18,19,20,22). The lowest BCUT2D eigenvalue weighted by atomic mass is 9.89. The monoisotopic (exact) mass is 304 g/mol. The van der Waals surface area contributed by atoms with E-state index in [1.165, 1.54) is 31.0 Å². The van der Waals surface area contributed by atoms with E-state index < -0.39 is 5.82 Å². The van der Waals surface area contributed by atoms with Gasteiger partial charge in [0.05, 0.1) is 10.9 Å². The van der Waals surface area contributed by atoms with E-state index in [2.05, 4.69) is 34.3 Å². The number of hydrogen-bond acceptors (Lipinski definition) is 4. The number of rotatable bonds is 3. The molecule has 3 rings (SSSR count). The van der Waals surface area contributed by atoms with Gasteiger partial charge in [-0.15, -0.1) is 0 Å². The fourth-order valence-corrected chi connectivity index (χ4v) is 3.25. The summed E-state index contributed by atoms with van der Waals surface area (Å²) in [6.07, 6.45) is 4.58. The second kappa shape index (κ2) is 6.04. The van der Waals surface area contributed by atoms with Crippen LogP contribution >= 0.6 is 0 Å². The molecule has 2 atom stereocenters. The van der Waals surface area contributed by atoms with Gasteiger partial charge in [0.2, 0.25) is 5.95 Å². The Bertz CT molecular complexity index is 728. The Labute approximate surface area is 128 Å². The maximum absolute atomic E-state index is 13.2. The molecule has 1 aromatic heterocycles. The Morgan fingerprint density at radius 2 is 2.09 bits per heavy atom. The van der Waals surface area contributed by atoms with Crippen molar-refractivity contribution < 1.29 is 4.39 Å². The molecule has 6 heteroatoms. The predicted molar refractivity (Wildman–Crippen MR) is 85.7 cm³/mol. The SMILES string of the molecule is CN(C)C1CCCCC1Nc1nc2ccc(F)cc2c(=O)[nH]1. The van der Waals surface area contributed by atoms with E-state index in [4.69, 9.17) is 0 Å². The van der Waals surface area contributed by atoms with Gasteiger partial charge in [0.25, 0.3) is 5.56 Å². The van der Waals surface area contributed by atoms with Crippen LogP contribution in [-0.4, -0.2) is 41.0 Å². The molecule has 0 radical (unpaired) electrons. The first-order valence-electron chi connectivity index (χ1n) is 7.67. The highest BCUT2D eigenvalue weighted by Gasteiger charge is 2.27. The summed E-state index contributed by atoms with van der Waals surface area (Å²) in [6.45, 7) is 0. The van der Waals surface area contributed by atoms with Crippen molar-refractivity contribution in [2.24, 2.45) is 0 Å². The lowest BCUT2D eigenvalue weighted by molar-refractivity contribution is 0.211. The van der Waals surface area contributed by atoms with Gasteiger partial charge in [0.1, 0.15) is 5.82 Å². The number of nitrogens with one attached hydrogen (secondary N) is 2. The molecule has 2 aromatic rings. The smallest absolute Gasteiger partial charge is 0.260 e. The first-order chi connectivity index (χ1) is 10.5. The lowest BCUT2D eigenvalue weighted by Gasteiger charge is -2.36. The van der Waals surface area contributed by atoms with Crippen LogP contribution in [0.3, 0.4) is 0 Å². The molecule has 1 aromatic carbocycles. The summed E-state index contributed by atoms with van der Waals surface area (Å²) in [6, 6.07) is 4.75. The molecule has 0 bridgehead atoms. The summed E-state index contributed by atoms with van der Waals surface area (Å²) in [4.78, 5) is 21.4. The van der Waals surface area contributed by atoms with E-state index in [1.54, 1.807) is 0 Å². The second-order valence-corrected chi connectivity index (χ2v) is 6.14. The average Bonchev–Trinajstić information content (AvgIpc) is 2.48. The number of anilines is 1. The van der Waals surface area contributed by atoms with Crippen LogP contribution in [0.15, 0.2) is 23.0 Å².